The zero-order valence-electron chi connectivity index (χ0n) is 15.6. The Bertz CT molecular complexity index is 724. The summed E-state index contributed by atoms with van der Waals surface area (Å²) in [6.45, 7) is -0.0576. The Morgan fingerprint density at radius 2 is 1.64 bits per heavy atom. The fourth-order valence-corrected chi connectivity index (χ4v) is 2.49. The molecule has 4 nitrogen and oxygen atoms in total. The van der Waals surface area contributed by atoms with Crippen LogP contribution in [-0.2, 0) is 24.3 Å². The van der Waals surface area contributed by atoms with Gasteiger partial charge in [-0.3, -0.25) is 4.99 Å². The standard InChI is InChI=1S/C20H24F3N3O.HI/c1-24-19(25-11-10-16-6-3-2-4-7-16)26-13-17-8-5-9-18(12-17)14-27-15-20(21,22)23;/h2-9,12H,10-11,13-15H2,1H3,(H2,24,25,26);1H. The first-order chi connectivity index (χ1) is 13.0. The van der Waals surface area contributed by atoms with Crippen LogP contribution in [0.4, 0.5) is 13.2 Å². The molecule has 2 N–H and O–H groups in total. The molecule has 0 heterocycles. The predicted molar refractivity (Wildman–Crippen MR) is 116 cm³/mol. The topological polar surface area (TPSA) is 45.7 Å². The van der Waals surface area contributed by atoms with E-state index in [0.717, 1.165) is 18.5 Å². The third-order valence-electron chi connectivity index (χ3n) is 3.76. The Kier molecular flexibility index (Phi) is 10.9. The average molecular weight is 507 g/mol. The molecule has 0 radical (unpaired) electrons. The number of aliphatic imine (C=N–C) groups is 1. The molecule has 0 saturated heterocycles. The van der Waals surface area contributed by atoms with Crippen LogP contribution in [0.2, 0.25) is 0 Å². The van der Waals surface area contributed by atoms with Crippen molar-refractivity contribution in [2.75, 3.05) is 20.2 Å². The SMILES string of the molecule is CN=C(NCCc1ccccc1)NCc1cccc(COCC(F)(F)F)c1.I. The van der Waals surface area contributed by atoms with Crippen molar-refractivity contribution in [3.05, 3.63) is 71.3 Å². The van der Waals surface area contributed by atoms with E-state index in [-0.39, 0.29) is 30.6 Å². The number of hydrogen-bond acceptors (Lipinski definition) is 2. The minimum atomic E-state index is -4.31. The Morgan fingerprint density at radius 3 is 2.32 bits per heavy atom. The second-order valence-corrected chi connectivity index (χ2v) is 6.02. The summed E-state index contributed by atoms with van der Waals surface area (Å²) < 4.78 is 41.1. The molecule has 0 aliphatic heterocycles. The predicted octanol–water partition coefficient (Wildman–Crippen LogP) is 4.29. The largest absolute Gasteiger partial charge is 0.411 e. The first-order valence-electron chi connectivity index (χ1n) is 8.67. The number of alkyl halides is 3. The smallest absolute Gasteiger partial charge is 0.367 e. The lowest BCUT2D eigenvalue weighted by Gasteiger charge is -2.13. The van der Waals surface area contributed by atoms with E-state index in [9.17, 15) is 13.2 Å². The highest BCUT2D eigenvalue weighted by atomic mass is 127. The number of ether oxygens (including phenoxy) is 1. The van der Waals surface area contributed by atoms with Crippen molar-refractivity contribution in [2.24, 2.45) is 4.99 Å². The molecular formula is C20H25F3IN3O. The van der Waals surface area contributed by atoms with Gasteiger partial charge in [-0.1, -0.05) is 54.6 Å². The Hall–Kier alpha value is -1.81. The molecule has 28 heavy (non-hydrogen) atoms. The van der Waals surface area contributed by atoms with Crippen molar-refractivity contribution in [3.63, 3.8) is 0 Å². The zero-order valence-corrected chi connectivity index (χ0v) is 18.0. The van der Waals surface area contributed by atoms with Crippen LogP contribution in [0.25, 0.3) is 0 Å². The minimum Gasteiger partial charge on any atom is -0.367 e. The van der Waals surface area contributed by atoms with Gasteiger partial charge in [-0.15, -0.1) is 24.0 Å². The number of nitrogens with one attached hydrogen (secondary N) is 2. The number of benzene rings is 2. The van der Waals surface area contributed by atoms with Crippen LogP contribution >= 0.6 is 24.0 Å². The van der Waals surface area contributed by atoms with Crippen LogP contribution in [0.1, 0.15) is 16.7 Å². The van der Waals surface area contributed by atoms with Gasteiger partial charge in [-0.05, 0) is 23.1 Å². The molecule has 8 heteroatoms. The van der Waals surface area contributed by atoms with Gasteiger partial charge in [0, 0.05) is 20.1 Å². The van der Waals surface area contributed by atoms with E-state index in [0.29, 0.717) is 18.1 Å². The number of nitrogens with zero attached hydrogens (tertiary/aromatic N) is 1. The van der Waals surface area contributed by atoms with Gasteiger partial charge in [-0.2, -0.15) is 13.2 Å². The Balaban J connectivity index is 0.00000392. The molecule has 0 fully saturated rings. The van der Waals surface area contributed by atoms with Crippen molar-refractivity contribution >= 4 is 29.9 Å². The van der Waals surface area contributed by atoms with E-state index in [1.807, 2.05) is 30.3 Å². The van der Waals surface area contributed by atoms with Gasteiger partial charge in [0.25, 0.3) is 0 Å². The summed E-state index contributed by atoms with van der Waals surface area (Å²) in [4.78, 5) is 4.18. The highest BCUT2D eigenvalue weighted by Crippen LogP contribution is 2.16. The van der Waals surface area contributed by atoms with Crippen LogP contribution in [-0.4, -0.2) is 32.3 Å². The molecule has 0 bridgehead atoms. The van der Waals surface area contributed by atoms with Crippen molar-refractivity contribution in [1.29, 1.82) is 0 Å². The molecule has 0 aromatic heterocycles. The molecule has 0 spiro atoms. The van der Waals surface area contributed by atoms with Gasteiger partial charge in [0.05, 0.1) is 6.61 Å². The van der Waals surface area contributed by atoms with Crippen LogP contribution < -0.4 is 10.6 Å². The molecule has 2 aromatic rings. The van der Waals surface area contributed by atoms with Gasteiger partial charge in [0.2, 0.25) is 0 Å². The summed E-state index contributed by atoms with van der Waals surface area (Å²) in [5.41, 5.74) is 2.88. The molecule has 0 unspecified atom stereocenters. The van der Waals surface area contributed by atoms with Crippen LogP contribution in [0.3, 0.4) is 0 Å². The van der Waals surface area contributed by atoms with Gasteiger partial charge >= 0.3 is 6.18 Å². The molecule has 2 rings (SSSR count). The molecule has 0 aliphatic carbocycles. The fraction of sp³-hybridized carbons (Fsp3) is 0.350. The van der Waals surface area contributed by atoms with Crippen LogP contribution in [0, 0.1) is 0 Å². The highest BCUT2D eigenvalue weighted by molar-refractivity contribution is 14.0. The van der Waals surface area contributed by atoms with Crippen molar-refractivity contribution in [3.8, 4) is 0 Å². The summed E-state index contributed by atoms with van der Waals surface area (Å²) in [5, 5.41) is 6.44. The first-order valence-corrected chi connectivity index (χ1v) is 8.67. The van der Waals surface area contributed by atoms with Crippen molar-refractivity contribution in [2.45, 2.75) is 25.7 Å². The normalized spacial score (nSPS) is 11.6. The number of rotatable bonds is 8. The summed E-state index contributed by atoms with van der Waals surface area (Å²) in [5.74, 6) is 0.671. The Labute approximate surface area is 180 Å². The van der Waals surface area contributed by atoms with E-state index in [4.69, 9.17) is 4.74 Å². The van der Waals surface area contributed by atoms with Crippen LogP contribution in [0.5, 0.6) is 0 Å². The third kappa shape index (κ3) is 9.93. The second-order valence-electron chi connectivity index (χ2n) is 6.02. The lowest BCUT2D eigenvalue weighted by Crippen LogP contribution is -2.37. The van der Waals surface area contributed by atoms with E-state index in [1.165, 1.54) is 5.56 Å². The molecule has 0 amide bonds. The maximum absolute atomic E-state index is 12.1. The molecule has 0 atom stereocenters. The molecular weight excluding hydrogens is 482 g/mol. The van der Waals surface area contributed by atoms with Gasteiger partial charge in [0.1, 0.15) is 6.61 Å². The van der Waals surface area contributed by atoms with E-state index >= 15 is 0 Å². The number of guanidine groups is 1. The second kappa shape index (κ2) is 12.6. The summed E-state index contributed by atoms with van der Waals surface area (Å²) in [6, 6.07) is 17.4. The minimum absolute atomic E-state index is 0. The average Bonchev–Trinajstić information content (AvgIpc) is 2.65. The highest BCUT2D eigenvalue weighted by Gasteiger charge is 2.27. The number of halogens is 4. The van der Waals surface area contributed by atoms with Crippen LogP contribution in [0.15, 0.2) is 59.6 Å². The van der Waals surface area contributed by atoms with Gasteiger partial charge in [0.15, 0.2) is 5.96 Å². The maximum atomic E-state index is 12.1. The summed E-state index contributed by atoms with van der Waals surface area (Å²) in [7, 11) is 1.69. The Morgan fingerprint density at radius 1 is 0.964 bits per heavy atom. The molecule has 0 saturated carbocycles. The molecule has 2 aromatic carbocycles. The van der Waals surface area contributed by atoms with Gasteiger partial charge in [-0.25, -0.2) is 0 Å². The summed E-state index contributed by atoms with van der Waals surface area (Å²) in [6.07, 6.45) is -3.43. The molecule has 154 valence electrons. The zero-order chi connectivity index (χ0) is 19.5. The first kappa shape index (κ1) is 24.2. The monoisotopic (exact) mass is 507 g/mol. The third-order valence-corrected chi connectivity index (χ3v) is 3.76. The lowest BCUT2D eigenvalue weighted by molar-refractivity contribution is -0.176. The maximum Gasteiger partial charge on any atom is 0.411 e. The lowest BCUT2D eigenvalue weighted by atomic mass is 10.1. The van der Waals surface area contributed by atoms with E-state index in [2.05, 4.69) is 27.8 Å². The van der Waals surface area contributed by atoms with Crippen molar-refractivity contribution < 1.29 is 17.9 Å². The quantitative estimate of drug-likeness (QED) is 0.319. The van der Waals surface area contributed by atoms with Gasteiger partial charge < -0.3 is 15.4 Å². The van der Waals surface area contributed by atoms with Crippen molar-refractivity contribution in [1.82, 2.24) is 10.6 Å². The molecule has 0 aliphatic rings. The summed E-state index contributed by atoms with van der Waals surface area (Å²) >= 11 is 0. The fourth-order valence-electron chi connectivity index (χ4n) is 2.49. The number of hydrogen-bond donors (Lipinski definition) is 2. The van der Waals surface area contributed by atoms with E-state index in [1.54, 1.807) is 19.2 Å². The van der Waals surface area contributed by atoms with E-state index < -0.39 is 12.8 Å².